The third kappa shape index (κ3) is 6.98. The van der Waals surface area contributed by atoms with E-state index in [1.54, 1.807) is 6.92 Å². The Hall–Kier alpha value is -3.10. The van der Waals surface area contributed by atoms with Crippen LogP contribution in [0.25, 0.3) is 0 Å². The smallest absolute Gasteiger partial charge is 0.341 e. The molecule has 0 unspecified atom stereocenters. The maximum Gasteiger partial charge on any atom is 0.341 e. The van der Waals surface area contributed by atoms with E-state index in [0.717, 1.165) is 48.1 Å². The zero-order chi connectivity index (χ0) is 25.3. The van der Waals surface area contributed by atoms with Gasteiger partial charge < -0.3 is 15.4 Å². The van der Waals surface area contributed by atoms with Crippen LogP contribution >= 0.6 is 23.1 Å². The number of hydrogen-bond acceptors (Lipinski definition) is 6. The fourth-order valence-corrected chi connectivity index (χ4v) is 6.26. The van der Waals surface area contributed by atoms with E-state index in [4.69, 9.17) is 4.74 Å². The third-order valence-corrected chi connectivity index (χ3v) is 8.05. The highest BCUT2D eigenvalue weighted by molar-refractivity contribution is 8.00. The third-order valence-electron chi connectivity index (χ3n) is 5.85. The van der Waals surface area contributed by atoms with Gasteiger partial charge in [-0.2, -0.15) is 0 Å². The predicted molar refractivity (Wildman–Crippen MR) is 146 cm³/mol. The van der Waals surface area contributed by atoms with Gasteiger partial charge in [0.25, 0.3) is 0 Å². The first-order valence-electron chi connectivity index (χ1n) is 12.2. The highest BCUT2D eigenvalue weighted by Gasteiger charge is 2.26. The van der Waals surface area contributed by atoms with Gasteiger partial charge in [-0.25, -0.2) is 4.79 Å². The molecule has 3 aromatic rings. The van der Waals surface area contributed by atoms with E-state index in [1.165, 1.54) is 28.0 Å². The van der Waals surface area contributed by atoms with Gasteiger partial charge in [-0.05, 0) is 61.9 Å². The number of amides is 2. The molecule has 0 atom stereocenters. The summed E-state index contributed by atoms with van der Waals surface area (Å²) < 4.78 is 5.30. The fourth-order valence-electron chi connectivity index (χ4n) is 4.21. The first kappa shape index (κ1) is 26.0. The van der Waals surface area contributed by atoms with Gasteiger partial charge in [0.15, 0.2) is 0 Å². The number of thiophene rings is 1. The maximum atomic E-state index is 12.8. The predicted octanol–water partition coefficient (Wildman–Crippen LogP) is 6.11. The van der Waals surface area contributed by atoms with Crippen LogP contribution in [0.3, 0.4) is 0 Å². The van der Waals surface area contributed by atoms with Crippen LogP contribution in [0.2, 0.25) is 0 Å². The summed E-state index contributed by atoms with van der Waals surface area (Å²) in [4.78, 5) is 40.0. The standard InChI is InChI=1S/C28H30N2O4S2/c1-2-34-28(33)26-22-14-7-4-8-15-23(22)36-27(26)30-25(32)18-35-21-13-9-12-20(17-21)29-24(31)16-19-10-5-3-6-11-19/h3,5-6,9-13,17H,2,4,7-8,14-16,18H2,1H3,(H,29,31)(H,30,32). The summed E-state index contributed by atoms with van der Waals surface area (Å²) in [6, 6.07) is 17.0. The summed E-state index contributed by atoms with van der Waals surface area (Å²) >= 11 is 2.88. The quantitative estimate of drug-likeness (QED) is 0.201. The van der Waals surface area contributed by atoms with E-state index in [0.29, 0.717) is 29.3 Å². The van der Waals surface area contributed by atoms with Crippen LogP contribution in [0.5, 0.6) is 0 Å². The van der Waals surface area contributed by atoms with Gasteiger partial charge >= 0.3 is 5.97 Å². The Morgan fingerprint density at radius 1 is 0.944 bits per heavy atom. The topological polar surface area (TPSA) is 84.5 Å². The monoisotopic (exact) mass is 522 g/mol. The number of esters is 1. The summed E-state index contributed by atoms with van der Waals surface area (Å²) in [6.45, 7) is 2.08. The van der Waals surface area contributed by atoms with Gasteiger partial charge in [0.2, 0.25) is 11.8 Å². The summed E-state index contributed by atoms with van der Waals surface area (Å²) in [6.07, 6.45) is 5.35. The van der Waals surface area contributed by atoms with Crippen LogP contribution in [-0.4, -0.2) is 30.1 Å². The van der Waals surface area contributed by atoms with Gasteiger partial charge in [0.05, 0.1) is 24.3 Å². The number of benzene rings is 2. The zero-order valence-electron chi connectivity index (χ0n) is 20.3. The summed E-state index contributed by atoms with van der Waals surface area (Å²) in [7, 11) is 0. The SMILES string of the molecule is CCOC(=O)c1c(NC(=O)CSc2cccc(NC(=O)Cc3ccccc3)c2)sc2c1CCCCC2. The molecule has 4 rings (SSSR count). The van der Waals surface area contributed by atoms with Crippen LogP contribution in [0.15, 0.2) is 59.5 Å². The van der Waals surface area contributed by atoms with Crippen molar-refractivity contribution in [3.8, 4) is 0 Å². The highest BCUT2D eigenvalue weighted by Crippen LogP contribution is 2.38. The lowest BCUT2D eigenvalue weighted by Gasteiger charge is -2.09. The summed E-state index contributed by atoms with van der Waals surface area (Å²) in [5.74, 6) is -0.448. The first-order chi connectivity index (χ1) is 17.5. The van der Waals surface area contributed by atoms with Crippen molar-refractivity contribution in [1.29, 1.82) is 0 Å². The minimum atomic E-state index is -0.362. The molecule has 1 aliphatic carbocycles. The highest BCUT2D eigenvalue weighted by atomic mass is 32.2. The largest absolute Gasteiger partial charge is 0.462 e. The average Bonchev–Trinajstić information content (AvgIpc) is 3.03. The normalized spacial score (nSPS) is 12.8. The molecule has 0 spiro atoms. The molecule has 0 bridgehead atoms. The van der Waals surface area contributed by atoms with E-state index in [9.17, 15) is 14.4 Å². The van der Waals surface area contributed by atoms with Gasteiger partial charge in [0.1, 0.15) is 5.00 Å². The summed E-state index contributed by atoms with van der Waals surface area (Å²) in [5.41, 5.74) is 3.20. The molecule has 0 radical (unpaired) electrons. The molecule has 6 nitrogen and oxygen atoms in total. The molecular weight excluding hydrogens is 492 g/mol. The van der Waals surface area contributed by atoms with Gasteiger partial charge in [-0.3, -0.25) is 9.59 Å². The molecule has 1 aromatic heterocycles. The molecule has 0 fully saturated rings. The van der Waals surface area contributed by atoms with E-state index in [-0.39, 0.29) is 23.5 Å². The number of nitrogens with one attached hydrogen (secondary N) is 2. The van der Waals surface area contributed by atoms with E-state index >= 15 is 0 Å². The second-order valence-corrected chi connectivity index (χ2v) is 10.7. The Labute approximate surface area is 219 Å². The zero-order valence-corrected chi connectivity index (χ0v) is 21.9. The minimum absolute atomic E-state index is 0.0925. The molecule has 0 saturated carbocycles. The van der Waals surface area contributed by atoms with Crippen LogP contribution < -0.4 is 10.6 Å². The summed E-state index contributed by atoms with van der Waals surface area (Å²) in [5, 5.41) is 6.47. The molecule has 0 saturated heterocycles. The van der Waals surface area contributed by atoms with Crippen molar-refractivity contribution < 1.29 is 19.1 Å². The second kappa shape index (κ2) is 12.7. The number of thioether (sulfide) groups is 1. The number of hydrogen-bond donors (Lipinski definition) is 2. The lowest BCUT2D eigenvalue weighted by molar-refractivity contribution is -0.115. The average molecular weight is 523 g/mol. The van der Waals surface area contributed by atoms with Crippen molar-refractivity contribution in [1.82, 2.24) is 0 Å². The van der Waals surface area contributed by atoms with Crippen LogP contribution in [-0.2, 0) is 33.6 Å². The van der Waals surface area contributed by atoms with E-state index < -0.39 is 0 Å². The number of rotatable bonds is 9. The minimum Gasteiger partial charge on any atom is -0.462 e. The second-order valence-electron chi connectivity index (χ2n) is 8.56. The number of aryl methyl sites for hydroxylation is 1. The van der Waals surface area contributed by atoms with Crippen LogP contribution in [0.4, 0.5) is 10.7 Å². The molecule has 2 aromatic carbocycles. The number of ether oxygens (including phenoxy) is 1. The Bertz CT molecular complexity index is 1220. The van der Waals surface area contributed by atoms with Gasteiger partial charge in [0, 0.05) is 15.5 Å². The molecule has 188 valence electrons. The number of anilines is 2. The molecule has 1 aliphatic rings. The molecule has 2 N–H and O–H groups in total. The molecule has 8 heteroatoms. The Morgan fingerprint density at radius 2 is 1.75 bits per heavy atom. The molecule has 2 amide bonds. The molecular formula is C28H30N2O4S2. The van der Waals surface area contributed by atoms with Crippen molar-refractivity contribution in [2.24, 2.45) is 0 Å². The molecule has 36 heavy (non-hydrogen) atoms. The van der Waals surface area contributed by atoms with Gasteiger partial charge in [-0.1, -0.05) is 42.8 Å². The van der Waals surface area contributed by atoms with Crippen molar-refractivity contribution in [2.45, 2.75) is 50.3 Å². The van der Waals surface area contributed by atoms with Crippen LogP contribution in [0.1, 0.15) is 52.5 Å². The lowest BCUT2D eigenvalue weighted by atomic mass is 10.1. The Kier molecular flexibility index (Phi) is 9.19. The fraction of sp³-hybridized carbons (Fsp3) is 0.321. The van der Waals surface area contributed by atoms with Crippen molar-refractivity contribution in [3.63, 3.8) is 0 Å². The molecule has 1 heterocycles. The Balaban J connectivity index is 1.37. The number of fused-ring (bicyclic) bond motifs is 1. The van der Waals surface area contributed by atoms with Gasteiger partial charge in [-0.15, -0.1) is 23.1 Å². The lowest BCUT2D eigenvalue weighted by Crippen LogP contribution is -2.17. The number of carbonyl (C=O) groups is 3. The Morgan fingerprint density at radius 3 is 2.56 bits per heavy atom. The van der Waals surface area contributed by atoms with Crippen molar-refractivity contribution in [2.75, 3.05) is 23.0 Å². The molecule has 0 aliphatic heterocycles. The van der Waals surface area contributed by atoms with E-state index in [2.05, 4.69) is 10.6 Å². The van der Waals surface area contributed by atoms with Crippen LogP contribution in [0, 0.1) is 0 Å². The van der Waals surface area contributed by atoms with Crippen molar-refractivity contribution >= 4 is 51.6 Å². The van der Waals surface area contributed by atoms with E-state index in [1.807, 2.05) is 54.6 Å². The van der Waals surface area contributed by atoms with Crippen molar-refractivity contribution in [3.05, 3.63) is 76.2 Å². The first-order valence-corrected chi connectivity index (χ1v) is 14.0. The maximum absolute atomic E-state index is 12.8. The number of carbonyl (C=O) groups excluding carboxylic acids is 3.